The zero-order valence-electron chi connectivity index (χ0n) is 14.3. The van der Waals surface area contributed by atoms with E-state index in [1.807, 2.05) is 0 Å². The van der Waals surface area contributed by atoms with Gasteiger partial charge in [0, 0.05) is 17.2 Å². The maximum absolute atomic E-state index is 13.2. The number of rotatable bonds is 5. The highest BCUT2D eigenvalue weighted by atomic mass is 19.4. The summed E-state index contributed by atoms with van der Waals surface area (Å²) in [5.41, 5.74) is -0.370. The third-order valence-electron chi connectivity index (χ3n) is 3.92. The van der Waals surface area contributed by atoms with Crippen molar-refractivity contribution in [2.24, 2.45) is 0 Å². The minimum absolute atomic E-state index is 0.143. The fourth-order valence-corrected chi connectivity index (χ4v) is 2.62. The maximum Gasteiger partial charge on any atom is 0.430 e. The highest BCUT2D eigenvalue weighted by Gasteiger charge is 2.48. The smallest absolute Gasteiger partial charge is 0.430 e. The van der Waals surface area contributed by atoms with Crippen LogP contribution in [-0.2, 0) is 4.79 Å². The Labute approximate surface area is 156 Å². The van der Waals surface area contributed by atoms with Crippen LogP contribution >= 0.6 is 0 Å². The summed E-state index contributed by atoms with van der Waals surface area (Å²) in [5.74, 6) is -1.26. The number of carbonyl (C=O) groups is 2. The molecule has 2 aromatic rings. The van der Waals surface area contributed by atoms with Crippen molar-refractivity contribution in [3.8, 4) is 23.0 Å². The Morgan fingerprint density at radius 2 is 1.93 bits per heavy atom. The van der Waals surface area contributed by atoms with Crippen LogP contribution in [0.1, 0.15) is 15.9 Å². The number of halogens is 3. The first-order valence-electron chi connectivity index (χ1n) is 7.86. The molecular weight excluding hydrogens is 381 g/mol. The van der Waals surface area contributed by atoms with Crippen LogP contribution in [0.3, 0.4) is 0 Å². The van der Waals surface area contributed by atoms with E-state index < -0.39 is 23.8 Å². The third kappa shape index (κ3) is 3.78. The number of carbonyl (C=O) groups excluding carboxylic acids is 1. The Hall–Kier alpha value is -3.49. The Morgan fingerprint density at radius 3 is 2.54 bits per heavy atom. The van der Waals surface area contributed by atoms with Gasteiger partial charge in [0.25, 0.3) is 0 Å². The normalized spacial score (nSPS) is 15.7. The van der Waals surface area contributed by atoms with Crippen molar-refractivity contribution in [3.63, 3.8) is 0 Å². The topological polar surface area (TPSA) is 82.1 Å². The number of aliphatic carboxylic acids is 1. The molecule has 28 heavy (non-hydrogen) atoms. The van der Waals surface area contributed by atoms with Gasteiger partial charge in [0.1, 0.15) is 17.8 Å². The SMILES string of the molecule is COc1cc(C=O)ccc1Oc1ccc2c(c1)OC(C(F)(F)F)C(C(=O)O)=C2. The van der Waals surface area contributed by atoms with E-state index in [1.165, 1.54) is 43.5 Å². The highest BCUT2D eigenvalue weighted by molar-refractivity contribution is 5.95. The molecule has 0 fully saturated rings. The van der Waals surface area contributed by atoms with Crippen molar-refractivity contribution in [1.82, 2.24) is 0 Å². The Morgan fingerprint density at radius 1 is 1.18 bits per heavy atom. The minimum atomic E-state index is -4.90. The first-order chi connectivity index (χ1) is 13.2. The molecule has 0 radical (unpaired) electrons. The van der Waals surface area contributed by atoms with Crippen LogP contribution in [0.25, 0.3) is 6.08 Å². The molecule has 9 heteroatoms. The summed E-state index contributed by atoms with van der Waals surface area (Å²) in [6.45, 7) is 0. The fraction of sp³-hybridized carbons (Fsp3) is 0.158. The first-order valence-corrected chi connectivity index (χ1v) is 7.86. The van der Waals surface area contributed by atoms with Gasteiger partial charge in [0.15, 0.2) is 11.5 Å². The summed E-state index contributed by atoms with van der Waals surface area (Å²) in [7, 11) is 1.37. The van der Waals surface area contributed by atoms with Crippen LogP contribution in [0.15, 0.2) is 42.0 Å². The summed E-state index contributed by atoms with van der Waals surface area (Å²) < 4.78 is 55.1. The van der Waals surface area contributed by atoms with Crippen molar-refractivity contribution >= 4 is 18.3 Å². The van der Waals surface area contributed by atoms with E-state index in [2.05, 4.69) is 0 Å². The van der Waals surface area contributed by atoms with Gasteiger partial charge in [-0.15, -0.1) is 0 Å². The molecule has 3 rings (SSSR count). The molecule has 0 saturated carbocycles. The lowest BCUT2D eigenvalue weighted by Crippen LogP contribution is -2.40. The highest BCUT2D eigenvalue weighted by Crippen LogP contribution is 2.40. The fourth-order valence-electron chi connectivity index (χ4n) is 2.62. The molecule has 0 spiro atoms. The average molecular weight is 394 g/mol. The van der Waals surface area contributed by atoms with Gasteiger partial charge >= 0.3 is 12.1 Å². The van der Waals surface area contributed by atoms with E-state index in [9.17, 15) is 22.8 Å². The minimum Gasteiger partial charge on any atom is -0.493 e. The first kappa shape index (κ1) is 19.3. The number of hydrogen-bond donors (Lipinski definition) is 1. The van der Waals surface area contributed by atoms with E-state index in [0.717, 1.165) is 6.08 Å². The van der Waals surface area contributed by atoms with Gasteiger partial charge in [0.2, 0.25) is 6.10 Å². The zero-order chi connectivity index (χ0) is 20.5. The Bertz CT molecular complexity index is 965. The van der Waals surface area contributed by atoms with Crippen molar-refractivity contribution in [1.29, 1.82) is 0 Å². The molecule has 0 aromatic heterocycles. The molecular formula is C19H13F3O6. The molecule has 1 aliphatic heterocycles. The summed E-state index contributed by atoms with van der Waals surface area (Å²) >= 11 is 0. The van der Waals surface area contributed by atoms with Gasteiger partial charge in [-0.25, -0.2) is 4.79 Å². The van der Waals surface area contributed by atoms with Crippen LogP contribution in [0.2, 0.25) is 0 Å². The second-order valence-corrected chi connectivity index (χ2v) is 5.77. The molecule has 1 N–H and O–H groups in total. The number of fused-ring (bicyclic) bond motifs is 1. The van der Waals surface area contributed by atoms with Gasteiger partial charge < -0.3 is 19.3 Å². The van der Waals surface area contributed by atoms with E-state index in [-0.39, 0.29) is 28.6 Å². The van der Waals surface area contributed by atoms with Crippen LogP contribution in [0.5, 0.6) is 23.0 Å². The van der Waals surface area contributed by atoms with Crippen molar-refractivity contribution in [3.05, 3.63) is 53.1 Å². The summed E-state index contributed by atoms with van der Waals surface area (Å²) in [6.07, 6.45) is -5.94. The Kier molecular flexibility index (Phi) is 5.00. The van der Waals surface area contributed by atoms with Crippen molar-refractivity contribution < 1.29 is 42.1 Å². The number of ether oxygens (including phenoxy) is 3. The summed E-state index contributed by atoms with van der Waals surface area (Å²) in [5, 5.41) is 9.04. The molecule has 0 saturated heterocycles. The number of carboxylic acids is 1. The number of benzene rings is 2. The molecule has 146 valence electrons. The average Bonchev–Trinajstić information content (AvgIpc) is 2.66. The molecule has 0 bridgehead atoms. The lowest BCUT2D eigenvalue weighted by atomic mass is 10.0. The van der Waals surface area contributed by atoms with Crippen LogP contribution < -0.4 is 14.2 Å². The van der Waals surface area contributed by atoms with Crippen molar-refractivity contribution in [2.45, 2.75) is 12.3 Å². The lowest BCUT2D eigenvalue weighted by molar-refractivity contribution is -0.187. The lowest BCUT2D eigenvalue weighted by Gasteiger charge is -2.27. The molecule has 0 aliphatic carbocycles. The number of aldehydes is 1. The van der Waals surface area contributed by atoms with Gasteiger partial charge in [0.05, 0.1) is 12.7 Å². The van der Waals surface area contributed by atoms with E-state index in [0.29, 0.717) is 11.8 Å². The summed E-state index contributed by atoms with van der Waals surface area (Å²) in [6, 6.07) is 8.45. The monoisotopic (exact) mass is 394 g/mol. The molecule has 1 atom stereocenters. The van der Waals surface area contributed by atoms with E-state index >= 15 is 0 Å². The third-order valence-corrected chi connectivity index (χ3v) is 3.92. The predicted molar refractivity (Wildman–Crippen MR) is 91.0 cm³/mol. The quantitative estimate of drug-likeness (QED) is 0.770. The molecule has 0 amide bonds. The number of carboxylic acid groups (broad SMARTS) is 1. The van der Waals surface area contributed by atoms with Gasteiger partial charge in [-0.1, -0.05) is 0 Å². The molecule has 1 unspecified atom stereocenters. The standard InChI is InChI=1S/C19H13F3O6/c1-26-16-6-10(9-23)2-5-14(16)27-12-4-3-11-7-13(18(24)25)17(19(20,21)22)28-15(11)8-12/h2-9,17H,1H3,(H,24,25). The number of hydrogen-bond acceptors (Lipinski definition) is 5. The summed E-state index contributed by atoms with van der Waals surface area (Å²) in [4.78, 5) is 22.0. The second kappa shape index (κ2) is 7.26. The molecule has 2 aromatic carbocycles. The zero-order valence-corrected chi connectivity index (χ0v) is 14.3. The largest absolute Gasteiger partial charge is 0.493 e. The van der Waals surface area contributed by atoms with Gasteiger partial charge in [-0.3, -0.25) is 4.79 Å². The molecule has 1 aliphatic rings. The van der Waals surface area contributed by atoms with Crippen LogP contribution in [-0.4, -0.2) is 36.8 Å². The maximum atomic E-state index is 13.2. The molecule has 1 heterocycles. The Balaban J connectivity index is 1.95. The van der Waals surface area contributed by atoms with Crippen molar-refractivity contribution in [2.75, 3.05) is 7.11 Å². The molecule has 6 nitrogen and oxygen atoms in total. The number of methoxy groups -OCH3 is 1. The van der Waals surface area contributed by atoms with Crippen LogP contribution in [0.4, 0.5) is 13.2 Å². The van der Waals surface area contributed by atoms with Gasteiger partial charge in [-0.2, -0.15) is 13.2 Å². The van der Waals surface area contributed by atoms with Crippen LogP contribution in [0, 0.1) is 0 Å². The van der Waals surface area contributed by atoms with Gasteiger partial charge in [-0.05, 0) is 36.4 Å². The number of alkyl halides is 3. The predicted octanol–water partition coefficient (Wildman–Crippen LogP) is 4.09. The van der Waals surface area contributed by atoms with E-state index in [1.54, 1.807) is 0 Å². The van der Waals surface area contributed by atoms with E-state index in [4.69, 9.17) is 19.3 Å². The second-order valence-electron chi connectivity index (χ2n) is 5.77.